The van der Waals surface area contributed by atoms with E-state index in [0.29, 0.717) is 12.3 Å². The molecular formula is C15H17NO2. The standard InChI is InChI=1S/C15H17NO2/c1-15(2,12-6-4-3-5-7-12)13-8-10-14(11-9-13)16(17)18/h3-8,10-11,13H,9H2,1-2H3. The maximum absolute atomic E-state index is 10.7. The zero-order valence-electron chi connectivity index (χ0n) is 10.7. The third-order valence-electron chi connectivity index (χ3n) is 3.74. The fraction of sp³-hybridized carbons (Fsp3) is 0.333. The van der Waals surface area contributed by atoms with Gasteiger partial charge in [-0.05, 0) is 29.4 Å². The normalized spacial score (nSPS) is 19.4. The molecule has 0 bridgehead atoms. The summed E-state index contributed by atoms with van der Waals surface area (Å²) < 4.78 is 0. The predicted molar refractivity (Wildman–Crippen MR) is 71.8 cm³/mol. The molecule has 0 N–H and O–H groups in total. The molecule has 1 aliphatic rings. The smallest absolute Gasteiger partial charge is 0.258 e. The van der Waals surface area contributed by atoms with Crippen molar-refractivity contribution in [1.82, 2.24) is 0 Å². The van der Waals surface area contributed by atoms with Gasteiger partial charge in [-0.3, -0.25) is 10.1 Å². The van der Waals surface area contributed by atoms with Gasteiger partial charge in [0.25, 0.3) is 5.70 Å². The minimum absolute atomic E-state index is 0.0175. The SMILES string of the molecule is CC(C)(c1ccccc1)C1C=CC([N+](=O)[O-])=CC1. The van der Waals surface area contributed by atoms with Crippen molar-refractivity contribution < 1.29 is 4.92 Å². The van der Waals surface area contributed by atoms with E-state index >= 15 is 0 Å². The molecule has 0 amide bonds. The Hall–Kier alpha value is -1.90. The molecular weight excluding hydrogens is 226 g/mol. The molecule has 0 spiro atoms. The molecule has 0 fully saturated rings. The zero-order chi connectivity index (χ0) is 13.2. The third kappa shape index (κ3) is 2.35. The van der Waals surface area contributed by atoms with Crippen LogP contribution in [0.2, 0.25) is 0 Å². The molecule has 0 aliphatic heterocycles. The van der Waals surface area contributed by atoms with Crippen LogP contribution >= 0.6 is 0 Å². The summed E-state index contributed by atoms with van der Waals surface area (Å²) in [4.78, 5) is 10.3. The molecule has 94 valence electrons. The quantitative estimate of drug-likeness (QED) is 0.600. The maximum Gasteiger partial charge on any atom is 0.265 e. The first-order valence-corrected chi connectivity index (χ1v) is 6.10. The molecule has 1 atom stereocenters. The Morgan fingerprint density at radius 1 is 1.28 bits per heavy atom. The summed E-state index contributed by atoms with van der Waals surface area (Å²) in [6, 6.07) is 10.3. The van der Waals surface area contributed by atoms with Crippen molar-refractivity contribution in [3.05, 3.63) is 69.9 Å². The zero-order valence-corrected chi connectivity index (χ0v) is 10.7. The highest BCUT2D eigenvalue weighted by atomic mass is 16.6. The Kier molecular flexibility index (Phi) is 3.32. The van der Waals surface area contributed by atoms with Crippen LogP contribution in [0.3, 0.4) is 0 Å². The van der Waals surface area contributed by atoms with Crippen LogP contribution < -0.4 is 0 Å². The predicted octanol–water partition coefficient (Wildman–Crippen LogP) is 3.70. The molecule has 2 rings (SSSR count). The fourth-order valence-corrected chi connectivity index (χ4v) is 2.36. The van der Waals surface area contributed by atoms with Gasteiger partial charge < -0.3 is 0 Å². The van der Waals surface area contributed by atoms with Crippen molar-refractivity contribution in [2.45, 2.75) is 25.7 Å². The van der Waals surface area contributed by atoms with Gasteiger partial charge in [0.05, 0.1) is 4.92 Å². The molecule has 0 heterocycles. The van der Waals surface area contributed by atoms with Crippen molar-refractivity contribution >= 4 is 0 Å². The minimum atomic E-state index is -0.331. The van der Waals surface area contributed by atoms with E-state index in [1.807, 2.05) is 24.3 Å². The second kappa shape index (κ2) is 4.77. The van der Waals surface area contributed by atoms with Gasteiger partial charge in [0.2, 0.25) is 0 Å². The van der Waals surface area contributed by atoms with Crippen molar-refractivity contribution in [2.75, 3.05) is 0 Å². The van der Waals surface area contributed by atoms with Crippen LogP contribution in [-0.4, -0.2) is 4.92 Å². The van der Waals surface area contributed by atoms with Gasteiger partial charge in [0.15, 0.2) is 0 Å². The number of allylic oxidation sites excluding steroid dienone is 3. The van der Waals surface area contributed by atoms with Crippen molar-refractivity contribution in [2.24, 2.45) is 5.92 Å². The molecule has 0 aromatic heterocycles. The van der Waals surface area contributed by atoms with Crippen molar-refractivity contribution in [1.29, 1.82) is 0 Å². The topological polar surface area (TPSA) is 43.1 Å². The monoisotopic (exact) mass is 243 g/mol. The first kappa shape index (κ1) is 12.6. The van der Waals surface area contributed by atoms with Crippen LogP contribution in [0.1, 0.15) is 25.8 Å². The number of rotatable bonds is 3. The first-order valence-electron chi connectivity index (χ1n) is 6.10. The maximum atomic E-state index is 10.7. The Morgan fingerprint density at radius 2 is 1.94 bits per heavy atom. The molecule has 0 radical (unpaired) electrons. The van der Waals surface area contributed by atoms with Crippen LogP contribution in [0.15, 0.2) is 54.3 Å². The second-order valence-corrected chi connectivity index (χ2v) is 5.18. The summed E-state index contributed by atoms with van der Waals surface area (Å²) in [6.45, 7) is 4.37. The van der Waals surface area contributed by atoms with E-state index in [2.05, 4.69) is 26.0 Å². The summed E-state index contributed by atoms with van der Waals surface area (Å²) in [5, 5.41) is 10.7. The lowest BCUT2D eigenvalue weighted by molar-refractivity contribution is -0.419. The Labute approximate surface area is 107 Å². The number of nitro groups is 1. The van der Waals surface area contributed by atoms with Gasteiger partial charge in [0, 0.05) is 6.08 Å². The van der Waals surface area contributed by atoms with Gasteiger partial charge >= 0.3 is 0 Å². The Bertz CT molecular complexity index is 500. The fourth-order valence-electron chi connectivity index (χ4n) is 2.36. The molecule has 18 heavy (non-hydrogen) atoms. The van der Waals surface area contributed by atoms with Gasteiger partial charge in [-0.25, -0.2) is 0 Å². The molecule has 3 heteroatoms. The van der Waals surface area contributed by atoms with E-state index in [1.54, 1.807) is 12.2 Å². The number of benzene rings is 1. The molecule has 0 saturated carbocycles. The lowest BCUT2D eigenvalue weighted by atomic mass is 9.71. The second-order valence-electron chi connectivity index (χ2n) is 5.18. The highest BCUT2D eigenvalue weighted by molar-refractivity contribution is 5.29. The molecule has 1 aromatic rings. The first-order chi connectivity index (χ1) is 8.51. The lowest BCUT2D eigenvalue weighted by Crippen LogP contribution is -2.28. The van der Waals surface area contributed by atoms with Gasteiger partial charge in [-0.2, -0.15) is 0 Å². The highest BCUT2D eigenvalue weighted by Crippen LogP contribution is 2.37. The van der Waals surface area contributed by atoms with E-state index in [1.165, 1.54) is 5.56 Å². The number of hydrogen-bond donors (Lipinski definition) is 0. The van der Waals surface area contributed by atoms with Gasteiger partial charge in [-0.1, -0.05) is 50.3 Å². The van der Waals surface area contributed by atoms with Crippen molar-refractivity contribution in [3.8, 4) is 0 Å². The third-order valence-corrected chi connectivity index (χ3v) is 3.74. The van der Waals surface area contributed by atoms with Crippen LogP contribution in [0, 0.1) is 16.0 Å². The lowest BCUT2D eigenvalue weighted by Gasteiger charge is -2.33. The summed E-state index contributed by atoms with van der Waals surface area (Å²) in [5.41, 5.74) is 1.45. The van der Waals surface area contributed by atoms with E-state index in [4.69, 9.17) is 0 Å². The van der Waals surface area contributed by atoms with Crippen LogP contribution in [0.5, 0.6) is 0 Å². The molecule has 1 aliphatic carbocycles. The average molecular weight is 243 g/mol. The summed E-state index contributed by atoms with van der Waals surface area (Å²) >= 11 is 0. The molecule has 0 saturated heterocycles. The summed E-state index contributed by atoms with van der Waals surface area (Å²) in [6.07, 6.45) is 6.02. The van der Waals surface area contributed by atoms with E-state index in [0.717, 1.165) is 0 Å². The summed E-state index contributed by atoms with van der Waals surface area (Å²) in [7, 11) is 0. The molecule has 3 nitrogen and oxygen atoms in total. The molecule has 1 aromatic carbocycles. The van der Waals surface area contributed by atoms with Gasteiger partial charge in [-0.15, -0.1) is 0 Å². The Balaban J connectivity index is 2.20. The highest BCUT2D eigenvalue weighted by Gasteiger charge is 2.31. The van der Waals surface area contributed by atoms with Gasteiger partial charge in [0.1, 0.15) is 0 Å². The van der Waals surface area contributed by atoms with E-state index in [-0.39, 0.29) is 16.0 Å². The Morgan fingerprint density at radius 3 is 2.44 bits per heavy atom. The molecule has 1 unspecified atom stereocenters. The number of nitrogens with zero attached hydrogens (tertiary/aromatic N) is 1. The average Bonchev–Trinajstić information content (AvgIpc) is 2.40. The summed E-state index contributed by atoms with van der Waals surface area (Å²) in [5.74, 6) is 0.295. The van der Waals surface area contributed by atoms with E-state index < -0.39 is 0 Å². The van der Waals surface area contributed by atoms with Crippen molar-refractivity contribution in [3.63, 3.8) is 0 Å². The van der Waals surface area contributed by atoms with Crippen LogP contribution in [-0.2, 0) is 5.41 Å². The number of hydrogen-bond acceptors (Lipinski definition) is 2. The van der Waals surface area contributed by atoms with Crippen LogP contribution in [0.4, 0.5) is 0 Å². The largest absolute Gasteiger partial charge is 0.265 e. The minimum Gasteiger partial charge on any atom is -0.258 e. The van der Waals surface area contributed by atoms with Crippen LogP contribution in [0.25, 0.3) is 0 Å². The van der Waals surface area contributed by atoms with E-state index in [9.17, 15) is 10.1 Å².